The highest BCUT2D eigenvalue weighted by atomic mass is 16.4. The molecule has 6 heteroatoms. The molecule has 0 fully saturated rings. The highest BCUT2D eigenvalue weighted by molar-refractivity contribution is 5.51. The van der Waals surface area contributed by atoms with Gasteiger partial charge in [0.15, 0.2) is 0 Å². The molecule has 2 heterocycles. The number of aromatic hydroxyl groups is 2. The lowest BCUT2D eigenvalue weighted by Crippen LogP contribution is -2.21. The van der Waals surface area contributed by atoms with Gasteiger partial charge < -0.3 is 19.0 Å². The Bertz CT molecular complexity index is 1050. The van der Waals surface area contributed by atoms with E-state index in [4.69, 9.17) is 8.83 Å². The van der Waals surface area contributed by atoms with Crippen molar-refractivity contribution in [3.8, 4) is 11.5 Å². The summed E-state index contributed by atoms with van der Waals surface area (Å²) in [5, 5.41) is 20.9. The van der Waals surface area contributed by atoms with Crippen LogP contribution in [0.25, 0.3) is 0 Å². The summed E-state index contributed by atoms with van der Waals surface area (Å²) in [5.41, 5.74) is -0.210. The number of benzene rings is 1. The summed E-state index contributed by atoms with van der Waals surface area (Å²) >= 11 is 0. The smallest absolute Gasteiger partial charge is 0.343 e. The molecule has 0 aliphatic rings. The van der Waals surface area contributed by atoms with Crippen LogP contribution in [-0.2, 0) is 0 Å². The van der Waals surface area contributed by atoms with E-state index in [1.807, 2.05) is 26.0 Å². The third-order valence-electron chi connectivity index (χ3n) is 4.69. The third kappa shape index (κ3) is 3.58. The number of rotatable bonds is 4. The van der Waals surface area contributed by atoms with Gasteiger partial charge in [0.05, 0.1) is 17.0 Å². The standard InChI is InChI=1S/C22H22O6/c1-11(2)14-5-7-15(8-6-14)18(19-16(23)9-12(3)27-21(19)25)20-17(24)10-13(4)28-22(20)26/h5-11,18,23-24H,1-4H3. The van der Waals surface area contributed by atoms with Crippen LogP contribution in [0.2, 0.25) is 0 Å². The maximum Gasteiger partial charge on any atom is 0.343 e. The Morgan fingerprint density at radius 1 is 0.750 bits per heavy atom. The minimum atomic E-state index is -1.05. The molecular weight excluding hydrogens is 360 g/mol. The zero-order valence-electron chi connectivity index (χ0n) is 16.1. The second-order valence-electron chi connectivity index (χ2n) is 7.14. The molecule has 28 heavy (non-hydrogen) atoms. The van der Waals surface area contributed by atoms with Gasteiger partial charge in [0.25, 0.3) is 0 Å². The minimum absolute atomic E-state index is 0.130. The fourth-order valence-electron chi connectivity index (χ4n) is 3.29. The predicted molar refractivity (Wildman–Crippen MR) is 104 cm³/mol. The van der Waals surface area contributed by atoms with Crippen molar-refractivity contribution in [3.63, 3.8) is 0 Å². The average Bonchev–Trinajstić information content (AvgIpc) is 2.58. The molecule has 1 aromatic carbocycles. The molecule has 0 aliphatic heterocycles. The molecule has 3 rings (SSSR count). The largest absolute Gasteiger partial charge is 0.507 e. The fraction of sp³-hybridized carbons (Fsp3) is 0.273. The van der Waals surface area contributed by atoms with E-state index in [1.54, 1.807) is 12.1 Å². The van der Waals surface area contributed by atoms with Crippen LogP contribution in [-0.4, -0.2) is 10.2 Å². The highest BCUT2D eigenvalue weighted by Gasteiger charge is 2.30. The maximum absolute atomic E-state index is 12.6. The molecular formula is C22H22O6. The van der Waals surface area contributed by atoms with Crippen molar-refractivity contribution in [3.05, 3.63) is 91.0 Å². The molecule has 0 radical (unpaired) electrons. The van der Waals surface area contributed by atoms with Crippen molar-refractivity contribution in [2.24, 2.45) is 0 Å². The molecule has 6 nitrogen and oxygen atoms in total. The lowest BCUT2D eigenvalue weighted by atomic mass is 9.84. The van der Waals surface area contributed by atoms with Crippen LogP contribution in [0.4, 0.5) is 0 Å². The van der Waals surface area contributed by atoms with Crippen molar-refractivity contribution in [2.75, 3.05) is 0 Å². The summed E-state index contributed by atoms with van der Waals surface area (Å²) in [5.74, 6) is -0.907. The van der Waals surface area contributed by atoms with E-state index in [0.717, 1.165) is 5.56 Å². The topological polar surface area (TPSA) is 101 Å². The Balaban J connectivity index is 2.33. The Labute approximate surface area is 161 Å². The van der Waals surface area contributed by atoms with Gasteiger partial charge in [0, 0.05) is 12.1 Å². The van der Waals surface area contributed by atoms with E-state index in [-0.39, 0.29) is 34.1 Å². The summed E-state index contributed by atoms with van der Waals surface area (Å²) in [7, 11) is 0. The van der Waals surface area contributed by atoms with Gasteiger partial charge in [-0.3, -0.25) is 0 Å². The molecule has 2 aromatic heterocycles. The van der Waals surface area contributed by atoms with Crippen molar-refractivity contribution >= 4 is 0 Å². The van der Waals surface area contributed by atoms with Crippen molar-refractivity contribution < 1.29 is 19.0 Å². The van der Waals surface area contributed by atoms with Crippen LogP contribution in [0, 0.1) is 13.8 Å². The summed E-state index contributed by atoms with van der Waals surface area (Å²) in [6.07, 6.45) is 0. The van der Waals surface area contributed by atoms with Gasteiger partial charge >= 0.3 is 11.3 Å². The first-order valence-electron chi connectivity index (χ1n) is 8.96. The molecule has 0 atom stereocenters. The number of hydrogen-bond donors (Lipinski definition) is 2. The number of hydrogen-bond acceptors (Lipinski definition) is 6. The summed E-state index contributed by atoms with van der Waals surface area (Å²) in [6, 6.07) is 9.90. The Hall–Kier alpha value is -3.28. The molecule has 146 valence electrons. The van der Waals surface area contributed by atoms with Crippen LogP contribution >= 0.6 is 0 Å². The van der Waals surface area contributed by atoms with E-state index in [0.29, 0.717) is 11.5 Å². The Kier molecular flexibility index (Phi) is 5.14. The average molecular weight is 382 g/mol. The van der Waals surface area contributed by atoms with Crippen LogP contribution in [0.5, 0.6) is 11.5 Å². The van der Waals surface area contributed by atoms with Gasteiger partial charge in [-0.05, 0) is 30.9 Å². The SMILES string of the molecule is Cc1cc(O)c(C(c2ccc(C(C)C)cc2)c2c(O)cc(C)oc2=O)c(=O)o1. The van der Waals surface area contributed by atoms with Gasteiger partial charge in [-0.2, -0.15) is 0 Å². The van der Waals surface area contributed by atoms with Crippen LogP contribution in [0.3, 0.4) is 0 Å². The lowest BCUT2D eigenvalue weighted by Gasteiger charge is -2.19. The van der Waals surface area contributed by atoms with Gasteiger partial charge in [-0.1, -0.05) is 38.1 Å². The summed E-state index contributed by atoms with van der Waals surface area (Å²) in [6.45, 7) is 7.17. The van der Waals surface area contributed by atoms with Gasteiger partial charge in [0.1, 0.15) is 23.0 Å². The monoisotopic (exact) mass is 382 g/mol. The highest BCUT2D eigenvalue weighted by Crippen LogP contribution is 2.37. The first-order chi connectivity index (χ1) is 13.2. The summed E-state index contributed by atoms with van der Waals surface area (Å²) < 4.78 is 10.3. The predicted octanol–water partition coefficient (Wildman–Crippen LogP) is 3.92. The fourth-order valence-corrected chi connectivity index (χ4v) is 3.29. The number of aryl methyl sites for hydroxylation is 2. The first kappa shape index (κ1) is 19.5. The molecule has 0 saturated carbocycles. The molecule has 0 amide bonds. The first-order valence-corrected chi connectivity index (χ1v) is 8.96. The molecule has 0 saturated heterocycles. The molecule has 0 unspecified atom stereocenters. The van der Waals surface area contributed by atoms with Crippen LogP contribution in [0.1, 0.15) is 59.5 Å². The second-order valence-corrected chi connectivity index (χ2v) is 7.14. The Morgan fingerprint density at radius 3 is 1.50 bits per heavy atom. The zero-order chi connectivity index (χ0) is 20.6. The van der Waals surface area contributed by atoms with E-state index >= 15 is 0 Å². The molecule has 3 aromatic rings. The van der Waals surface area contributed by atoms with Crippen molar-refractivity contribution in [1.29, 1.82) is 0 Å². The third-order valence-corrected chi connectivity index (χ3v) is 4.69. The molecule has 0 bridgehead atoms. The van der Waals surface area contributed by atoms with Crippen LogP contribution in [0.15, 0.2) is 54.8 Å². The second kappa shape index (κ2) is 7.38. The zero-order valence-corrected chi connectivity index (χ0v) is 16.1. The minimum Gasteiger partial charge on any atom is -0.507 e. The van der Waals surface area contributed by atoms with Gasteiger partial charge in [-0.25, -0.2) is 9.59 Å². The van der Waals surface area contributed by atoms with Gasteiger partial charge in [0.2, 0.25) is 0 Å². The Morgan fingerprint density at radius 2 is 1.14 bits per heavy atom. The van der Waals surface area contributed by atoms with Gasteiger partial charge in [-0.15, -0.1) is 0 Å². The van der Waals surface area contributed by atoms with E-state index in [2.05, 4.69) is 0 Å². The van der Waals surface area contributed by atoms with E-state index < -0.39 is 17.2 Å². The van der Waals surface area contributed by atoms with E-state index in [9.17, 15) is 19.8 Å². The van der Waals surface area contributed by atoms with Crippen molar-refractivity contribution in [1.82, 2.24) is 0 Å². The normalized spacial score (nSPS) is 11.4. The lowest BCUT2D eigenvalue weighted by molar-refractivity contribution is 0.407. The molecule has 0 spiro atoms. The molecule has 2 N–H and O–H groups in total. The van der Waals surface area contributed by atoms with Crippen LogP contribution < -0.4 is 11.3 Å². The molecule has 0 aliphatic carbocycles. The summed E-state index contributed by atoms with van der Waals surface area (Å²) in [4.78, 5) is 25.1. The van der Waals surface area contributed by atoms with Crippen molar-refractivity contribution in [2.45, 2.75) is 39.5 Å². The van der Waals surface area contributed by atoms with E-state index in [1.165, 1.54) is 26.0 Å². The maximum atomic E-state index is 12.6. The quantitative estimate of drug-likeness (QED) is 0.709.